The van der Waals surface area contributed by atoms with E-state index in [9.17, 15) is 9.59 Å². The van der Waals surface area contributed by atoms with Gasteiger partial charge in [0.15, 0.2) is 0 Å². The Morgan fingerprint density at radius 1 is 1.09 bits per heavy atom. The molecular formula is C19H18N2O2. The number of carbonyl (C=O) groups is 1. The quantitative estimate of drug-likeness (QED) is 0.809. The van der Waals surface area contributed by atoms with Gasteiger partial charge in [-0.15, -0.1) is 0 Å². The molecule has 4 heteroatoms. The Morgan fingerprint density at radius 3 is 2.52 bits per heavy atom. The second-order valence-corrected chi connectivity index (χ2v) is 5.67. The van der Waals surface area contributed by atoms with E-state index in [1.54, 1.807) is 22.9 Å². The number of fused-ring (bicyclic) bond motifs is 1. The fourth-order valence-electron chi connectivity index (χ4n) is 2.59. The van der Waals surface area contributed by atoms with E-state index in [-0.39, 0.29) is 16.9 Å². The Kier molecular flexibility index (Phi) is 3.98. The number of amides is 1. The maximum Gasteiger partial charge on any atom is 0.257 e. The SMILES string of the molecule is Cc1ccc(CNC(=O)c2cn(C)c3ccccc3c2=O)cc1. The maximum absolute atomic E-state index is 12.5. The van der Waals surface area contributed by atoms with Crippen molar-refractivity contribution in [3.63, 3.8) is 0 Å². The zero-order chi connectivity index (χ0) is 16.4. The molecule has 0 bridgehead atoms. The molecular weight excluding hydrogens is 288 g/mol. The van der Waals surface area contributed by atoms with Crippen LogP contribution in [0.3, 0.4) is 0 Å². The van der Waals surface area contributed by atoms with Gasteiger partial charge in [0, 0.05) is 25.2 Å². The van der Waals surface area contributed by atoms with Crippen LogP contribution in [0.15, 0.2) is 59.5 Å². The summed E-state index contributed by atoms with van der Waals surface area (Å²) in [4.78, 5) is 24.9. The zero-order valence-corrected chi connectivity index (χ0v) is 13.2. The lowest BCUT2D eigenvalue weighted by atomic mass is 10.1. The summed E-state index contributed by atoms with van der Waals surface area (Å²) in [5, 5.41) is 3.37. The smallest absolute Gasteiger partial charge is 0.257 e. The maximum atomic E-state index is 12.5. The van der Waals surface area contributed by atoms with Crippen molar-refractivity contribution >= 4 is 16.8 Å². The average molecular weight is 306 g/mol. The molecule has 3 rings (SSSR count). The van der Waals surface area contributed by atoms with Crippen molar-refractivity contribution in [1.29, 1.82) is 0 Å². The highest BCUT2D eigenvalue weighted by molar-refractivity contribution is 5.97. The highest BCUT2D eigenvalue weighted by atomic mass is 16.2. The van der Waals surface area contributed by atoms with Crippen molar-refractivity contribution in [3.8, 4) is 0 Å². The van der Waals surface area contributed by atoms with Crippen molar-refractivity contribution in [2.75, 3.05) is 0 Å². The third-order valence-corrected chi connectivity index (χ3v) is 3.91. The number of pyridine rings is 1. The number of carbonyl (C=O) groups excluding carboxylic acids is 1. The lowest BCUT2D eigenvalue weighted by molar-refractivity contribution is 0.0949. The number of para-hydroxylation sites is 1. The minimum Gasteiger partial charge on any atom is -0.350 e. The average Bonchev–Trinajstić information content (AvgIpc) is 2.57. The van der Waals surface area contributed by atoms with Gasteiger partial charge in [-0.05, 0) is 24.6 Å². The predicted molar refractivity (Wildman–Crippen MR) is 91.5 cm³/mol. The first kappa shape index (κ1) is 15.0. The number of rotatable bonds is 3. The van der Waals surface area contributed by atoms with Gasteiger partial charge in [0.2, 0.25) is 5.43 Å². The molecule has 2 aromatic carbocycles. The summed E-state index contributed by atoms with van der Waals surface area (Å²) in [5.41, 5.74) is 2.91. The summed E-state index contributed by atoms with van der Waals surface area (Å²) < 4.78 is 1.80. The topological polar surface area (TPSA) is 51.1 Å². The summed E-state index contributed by atoms with van der Waals surface area (Å²) in [7, 11) is 1.83. The number of nitrogens with one attached hydrogen (secondary N) is 1. The third kappa shape index (κ3) is 3.01. The minimum absolute atomic E-state index is 0.165. The second kappa shape index (κ2) is 6.08. The van der Waals surface area contributed by atoms with Crippen LogP contribution in [0.2, 0.25) is 0 Å². The lowest BCUT2D eigenvalue weighted by Gasteiger charge is -2.09. The Morgan fingerprint density at radius 2 is 1.78 bits per heavy atom. The minimum atomic E-state index is -0.350. The van der Waals surface area contributed by atoms with Crippen molar-refractivity contribution in [1.82, 2.24) is 9.88 Å². The third-order valence-electron chi connectivity index (χ3n) is 3.91. The van der Waals surface area contributed by atoms with Crippen LogP contribution in [0.1, 0.15) is 21.5 Å². The Bertz CT molecular complexity index is 924. The van der Waals surface area contributed by atoms with Crippen LogP contribution in [0.4, 0.5) is 0 Å². The number of aryl methyl sites for hydroxylation is 2. The van der Waals surface area contributed by atoms with E-state index < -0.39 is 0 Å². The van der Waals surface area contributed by atoms with Gasteiger partial charge in [-0.2, -0.15) is 0 Å². The Hall–Kier alpha value is -2.88. The molecule has 1 aromatic heterocycles. The van der Waals surface area contributed by atoms with Crippen LogP contribution in [0, 0.1) is 6.92 Å². The van der Waals surface area contributed by atoms with Crippen molar-refractivity contribution in [3.05, 3.63) is 81.6 Å². The van der Waals surface area contributed by atoms with Gasteiger partial charge in [-0.3, -0.25) is 9.59 Å². The Balaban J connectivity index is 1.88. The molecule has 0 aliphatic carbocycles. The fourth-order valence-corrected chi connectivity index (χ4v) is 2.59. The first-order valence-electron chi connectivity index (χ1n) is 7.48. The number of hydrogen-bond acceptors (Lipinski definition) is 2. The van der Waals surface area contributed by atoms with Crippen LogP contribution in [0.25, 0.3) is 10.9 Å². The molecule has 1 amide bonds. The molecule has 23 heavy (non-hydrogen) atoms. The molecule has 0 spiro atoms. The summed E-state index contributed by atoms with van der Waals surface area (Å²) >= 11 is 0. The van der Waals surface area contributed by atoms with Crippen molar-refractivity contribution in [2.45, 2.75) is 13.5 Å². The summed E-state index contributed by atoms with van der Waals surface area (Å²) in [6.07, 6.45) is 1.59. The molecule has 0 unspecified atom stereocenters. The van der Waals surface area contributed by atoms with Crippen LogP contribution < -0.4 is 10.7 Å². The standard InChI is InChI=1S/C19H18N2O2/c1-13-7-9-14(10-8-13)11-20-19(23)16-12-21(2)17-6-4-3-5-15(17)18(16)22/h3-10,12H,11H2,1-2H3,(H,20,23). The molecule has 0 aliphatic heterocycles. The van der Waals surface area contributed by atoms with Crippen LogP contribution in [-0.2, 0) is 13.6 Å². The van der Waals surface area contributed by atoms with Gasteiger partial charge in [-0.25, -0.2) is 0 Å². The monoisotopic (exact) mass is 306 g/mol. The van der Waals surface area contributed by atoms with E-state index in [0.29, 0.717) is 11.9 Å². The van der Waals surface area contributed by atoms with Gasteiger partial charge in [0.05, 0.1) is 5.52 Å². The van der Waals surface area contributed by atoms with Gasteiger partial charge in [-0.1, -0.05) is 42.0 Å². The number of hydrogen-bond donors (Lipinski definition) is 1. The number of benzene rings is 2. The molecule has 0 aliphatic rings. The Labute approximate surface area is 134 Å². The molecule has 0 atom stereocenters. The van der Waals surface area contributed by atoms with E-state index in [1.807, 2.05) is 50.4 Å². The van der Waals surface area contributed by atoms with Gasteiger partial charge in [0.25, 0.3) is 5.91 Å². The van der Waals surface area contributed by atoms with Gasteiger partial charge < -0.3 is 9.88 Å². The normalized spacial score (nSPS) is 10.7. The summed E-state index contributed by atoms with van der Waals surface area (Å²) in [5.74, 6) is -0.350. The molecule has 3 aromatic rings. The van der Waals surface area contributed by atoms with Crippen LogP contribution in [-0.4, -0.2) is 10.5 Å². The molecule has 4 nitrogen and oxygen atoms in total. The van der Waals surface area contributed by atoms with Crippen LogP contribution in [0.5, 0.6) is 0 Å². The summed E-state index contributed by atoms with van der Waals surface area (Å²) in [6, 6.07) is 15.2. The van der Waals surface area contributed by atoms with E-state index in [4.69, 9.17) is 0 Å². The highest BCUT2D eigenvalue weighted by Gasteiger charge is 2.13. The molecule has 1 N–H and O–H groups in total. The molecule has 116 valence electrons. The van der Waals surface area contributed by atoms with Crippen molar-refractivity contribution < 1.29 is 4.79 Å². The first-order valence-corrected chi connectivity index (χ1v) is 7.48. The zero-order valence-electron chi connectivity index (χ0n) is 13.2. The lowest BCUT2D eigenvalue weighted by Crippen LogP contribution is -2.29. The van der Waals surface area contributed by atoms with Crippen LogP contribution >= 0.6 is 0 Å². The number of nitrogens with zero attached hydrogens (tertiary/aromatic N) is 1. The van der Waals surface area contributed by atoms with E-state index >= 15 is 0 Å². The van der Waals surface area contributed by atoms with E-state index in [0.717, 1.165) is 11.1 Å². The molecule has 0 fully saturated rings. The fraction of sp³-hybridized carbons (Fsp3) is 0.158. The predicted octanol–water partition coefficient (Wildman–Crippen LogP) is 2.78. The summed E-state index contributed by atoms with van der Waals surface area (Å²) in [6.45, 7) is 2.41. The number of aromatic nitrogens is 1. The highest BCUT2D eigenvalue weighted by Crippen LogP contribution is 2.10. The molecule has 0 saturated heterocycles. The van der Waals surface area contributed by atoms with Gasteiger partial charge in [0.1, 0.15) is 5.56 Å². The second-order valence-electron chi connectivity index (χ2n) is 5.67. The van der Waals surface area contributed by atoms with Gasteiger partial charge >= 0.3 is 0 Å². The van der Waals surface area contributed by atoms with E-state index in [2.05, 4.69) is 5.32 Å². The first-order chi connectivity index (χ1) is 11.1. The molecule has 0 radical (unpaired) electrons. The van der Waals surface area contributed by atoms with E-state index in [1.165, 1.54) is 5.56 Å². The molecule has 1 heterocycles. The molecule has 0 saturated carbocycles. The largest absolute Gasteiger partial charge is 0.350 e. The van der Waals surface area contributed by atoms with Crippen molar-refractivity contribution in [2.24, 2.45) is 7.05 Å².